The highest BCUT2D eigenvalue weighted by Gasteiger charge is 2.33. The molecule has 1 aliphatic carbocycles. The summed E-state index contributed by atoms with van der Waals surface area (Å²) in [6.45, 7) is 2.30. The Labute approximate surface area is 117 Å². The molecule has 0 saturated heterocycles. The molecule has 0 spiro atoms. The number of aromatic nitrogens is 3. The van der Waals surface area contributed by atoms with E-state index in [0.29, 0.717) is 17.2 Å². The molecule has 0 radical (unpaired) electrons. The van der Waals surface area contributed by atoms with Gasteiger partial charge in [0.15, 0.2) is 5.16 Å². The average molecular weight is 274 g/mol. The molecular weight excluding hydrogens is 256 g/mol. The van der Waals surface area contributed by atoms with E-state index in [0.717, 1.165) is 11.6 Å². The lowest BCUT2D eigenvalue weighted by Gasteiger charge is -2.36. The third-order valence-corrected chi connectivity index (χ3v) is 4.97. The molecule has 0 aliphatic heterocycles. The summed E-state index contributed by atoms with van der Waals surface area (Å²) >= 11 is 1.78. The second kappa shape index (κ2) is 5.35. The van der Waals surface area contributed by atoms with E-state index in [2.05, 4.69) is 51.7 Å². The quantitative estimate of drug-likeness (QED) is 0.903. The molecule has 1 aromatic heterocycles. The first-order chi connectivity index (χ1) is 9.29. The largest absolute Gasteiger partial charge is 0.312 e. The van der Waals surface area contributed by atoms with Crippen molar-refractivity contribution in [3.05, 3.63) is 41.7 Å². The summed E-state index contributed by atoms with van der Waals surface area (Å²) in [6, 6.07) is 9.10. The number of rotatable bonds is 3. The van der Waals surface area contributed by atoms with Crippen molar-refractivity contribution >= 4 is 11.8 Å². The van der Waals surface area contributed by atoms with Gasteiger partial charge in [-0.05, 0) is 30.5 Å². The molecule has 1 aromatic carbocycles. The number of nitrogens with zero attached hydrogens (tertiary/aromatic N) is 2. The Hall–Kier alpha value is -1.33. The Morgan fingerprint density at radius 2 is 2.11 bits per heavy atom. The maximum absolute atomic E-state index is 4.23. The molecule has 4 nitrogen and oxygen atoms in total. The number of nitrogens with one attached hydrogen (secondary N) is 2. The number of fused-ring (bicyclic) bond motifs is 1. The Morgan fingerprint density at radius 3 is 2.79 bits per heavy atom. The Kier molecular flexibility index (Phi) is 3.57. The van der Waals surface area contributed by atoms with Gasteiger partial charge in [-0.15, -0.1) is 0 Å². The zero-order chi connectivity index (χ0) is 13.2. The highest BCUT2D eigenvalue weighted by atomic mass is 32.2. The van der Waals surface area contributed by atoms with Crippen LogP contribution in [-0.4, -0.2) is 27.5 Å². The smallest absolute Gasteiger partial charge is 0.183 e. The van der Waals surface area contributed by atoms with Gasteiger partial charge >= 0.3 is 0 Å². The molecule has 0 saturated carbocycles. The maximum atomic E-state index is 4.23. The summed E-state index contributed by atoms with van der Waals surface area (Å²) in [5.74, 6) is 0.584. The van der Waals surface area contributed by atoms with Crippen LogP contribution in [-0.2, 0) is 0 Å². The van der Waals surface area contributed by atoms with E-state index >= 15 is 0 Å². The summed E-state index contributed by atoms with van der Waals surface area (Å²) < 4.78 is 0. The minimum atomic E-state index is 0.363. The molecular formula is C14H18N4S. The van der Waals surface area contributed by atoms with Crippen molar-refractivity contribution in [1.29, 1.82) is 0 Å². The highest BCUT2D eigenvalue weighted by molar-refractivity contribution is 7.99. The molecule has 1 heterocycles. The molecule has 2 aromatic rings. The van der Waals surface area contributed by atoms with Gasteiger partial charge in [-0.2, -0.15) is 5.10 Å². The molecule has 0 bridgehead atoms. The second-order valence-corrected chi connectivity index (χ2v) is 6.21. The summed E-state index contributed by atoms with van der Waals surface area (Å²) in [5, 5.41) is 11.7. The summed E-state index contributed by atoms with van der Waals surface area (Å²) in [6.07, 6.45) is 2.71. The molecule has 100 valence electrons. The standard InChI is InChI=1S/C14H18N4S/c1-9-7-12(19-14-16-8-17-18-14)13(15-2)11-6-4-3-5-10(9)11/h3-6,8-9,12-13,15H,7H2,1-2H3,(H,16,17,18). The van der Waals surface area contributed by atoms with Gasteiger partial charge in [0.1, 0.15) is 6.33 Å². The van der Waals surface area contributed by atoms with Crippen LogP contribution in [0.4, 0.5) is 0 Å². The van der Waals surface area contributed by atoms with Crippen LogP contribution in [0.1, 0.15) is 36.4 Å². The first kappa shape index (κ1) is 12.7. The summed E-state index contributed by atoms with van der Waals surface area (Å²) in [4.78, 5) is 4.23. The Balaban J connectivity index is 1.91. The first-order valence-electron chi connectivity index (χ1n) is 6.57. The number of hydrogen-bond donors (Lipinski definition) is 2. The van der Waals surface area contributed by atoms with Crippen molar-refractivity contribution in [3.63, 3.8) is 0 Å². The number of aromatic amines is 1. The van der Waals surface area contributed by atoms with Crippen molar-refractivity contribution < 1.29 is 0 Å². The molecule has 3 unspecified atom stereocenters. The van der Waals surface area contributed by atoms with Gasteiger partial charge in [0.05, 0.1) is 0 Å². The number of hydrogen-bond acceptors (Lipinski definition) is 4. The van der Waals surface area contributed by atoms with Crippen molar-refractivity contribution in [2.24, 2.45) is 0 Å². The SMILES string of the molecule is CNC1c2ccccc2C(C)CC1Sc1ncn[nH]1. The molecule has 3 rings (SSSR count). The van der Waals surface area contributed by atoms with Crippen LogP contribution in [0.25, 0.3) is 0 Å². The molecule has 2 N–H and O–H groups in total. The highest BCUT2D eigenvalue weighted by Crippen LogP contribution is 2.43. The van der Waals surface area contributed by atoms with Gasteiger partial charge in [0, 0.05) is 11.3 Å². The van der Waals surface area contributed by atoms with Crippen molar-refractivity contribution in [1.82, 2.24) is 20.5 Å². The molecule has 3 atom stereocenters. The van der Waals surface area contributed by atoms with E-state index in [9.17, 15) is 0 Å². The van der Waals surface area contributed by atoms with Gasteiger partial charge in [-0.25, -0.2) is 4.98 Å². The van der Waals surface area contributed by atoms with Crippen LogP contribution >= 0.6 is 11.8 Å². The van der Waals surface area contributed by atoms with Crippen LogP contribution < -0.4 is 5.32 Å². The van der Waals surface area contributed by atoms with E-state index in [1.165, 1.54) is 11.1 Å². The van der Waals surface area contributed by atoms with Crippen LogP contribution in [0.15, 0.2) is 35.7 Å². The molecule has 0 amide bonds. The van der Waals surface area contributed by atoms with Crippen molar-refractivity contribution in [3.8, 4) is 0 Å². The lowest BCUT2D eigenvalue weighted by atomic mass is 9.81. The van der Waals surface area contributed by atoms with E-state index in [1.54, 1.807) is 18.1 Å². The second-order valence-electron chi connectivity index (χ2n) is 4.98. The Bertz CT molecular complexity index is 540. The fourth-order valence-corrected chi connectivity index (χ4v) is 4.21. The van der Waals surface area contributed by atoms with E-state index in [4.69, 9.17) is 0 Å². The molecule has 0 fully saturated rings. The molecule has 19 heavy (non-hydrogen) atoms. The summed E-state index contributed by atoms with van der Waals surface area (Å²) in [7, 11) is 2.03. The monoisotopic (exact) mass is 274 g/mol. The van der Waals surface area contributed by atoms with Crippen LogP contribution in [0.3, 0.4) is 0 Å². The topological polar surface area (TPSA) is 53.6 Å². The van der Waals surface area contributed by atoms with E-state index < -0.39 is 0 Å². The molecule has 5 heteroatoms. The van der Waals surface area contributed by atoms with Crippen molar-refractivity contribution in [2.75, 3.05) is 7.05 Å². The third-order valence-electron chi connectivity index (χ3n) is 3.79. The van der Waals surface area contributed by atoms with Crippen LogP contribution in [0.5, 0.6) is 0 Å². The number of thioether (sulfide) groups is 1. The predicted octanol–water partition coefficient (Wildman–Crippen LogP) is 2.73. The number of H-pyrrole nitrogens is 1. The predicted molar refractivity (Wildman–Crippen MR) is 77.3 cm³/mol. The lowest BCUT2D eigenvalue weighted by Crippen LogP contribution is -2.33. The zero-order valence-electron chi connectivity index (χ0n) is 11.1. The van der Waals surface area contributed by atoms with Gasteiger partial charge < -0.3 is 5.32 Å². The van der Waals surface area contributed by atoms with E-state index in [-0.39, 0.29) is 0 Å². The van der Waals surface area contributed by atoms with Gasteiger partial charge in [-0.3, -0.25) is 5.10 Å². The summed E-state index contributed by atoms with van der Waals surface area (Å²) in [5.41, 5.74) is 2.89. The van der Waals surface area contributed by atoms with E-state index in [1.807, 2.05) is 7.05 Å². The third kappa shape index (κ3) is 2.40. The fourth-order valence-electron chi connectivity index (χ4n) is 2.91. The van der Waals surface area contributed by atoms with Gasteiger partial charge in [-0.1, -0.05) is 43.0 Å². The van der Waals surface area contributed by atoms with Gasteiger partial charge in [0.2, 0.25) is 0 Å². The zero-order valence-corrected chi connectivity index (χ0v) is 11.9. The van der Waals surface area contributed by atoms with Gasteiger partial charge in [0.25, 0.3) is 0 Å². The van der Waals surface area contributed by atoms with Crippen LogP contribution in [0, 0.1) is 0 Å². The lowest BCUT2D eigenvalue weighted by molar-refractivity contribution is 0.472. The minimum Gasteiger partial charge on any atom is -0.312 e. The average Bonchev–Trinajstić information content (AvgIpc) is 2.92. The molecule has 1 aliphatic rings. The fraction of sp³-hybridized carbons (Fsp3) is 0.429. The maximum Gasteiger partial charge on any atom is 0.183 e. The van der Waals surface area contributed by atoms with Crippen LogP contribution in [0.2, 0.25) is 0 Å². The Morgan fingerprint density at radius 1 is 1.32 bits per heavy atom. The minimum absolute atomic E-state index is 0.363. The van der Waals surface area contributed by atoms with Crippen molar-refractivity contribution in [2.45, 2.75) is 35.7 Å². The first-order valence-corrected chi connectivity index (χ1v) is 7.45. The number of benzene rings is 1. The normalized spacial score (nSPS) is 26.1.